The van der Waals surface area contributed by atoms with Gasteiger partial charge in [0.25, 0.3) is 0 Å². The highest BCUT2D eigenvalue weighted by atomic mass is 32.1. The molecule has 1 aromatic heterocycles. The number of rotatable bonds is 4. The van der Waals surface area contributed by atoms with Crippen LogP contribution in [0.2, 0.25) is 0 Å². The second-order valence-electron chi connectivity index (χ2n) is 5.21. The molecule has 1 amide bonds. The van der Waals surface area contributed by atoms with Crippen LogP contribution in [0, 0.1) is 0 Å². The van der Waals surface area contributed by atoms with Crippen LogP contribution in [0.1, 0.15) is 48.7 Å². The maximum Gasteiger partial charge on any atom is 0.350 e. The van der Waals surface area contributed by atoms with Crippen molar-refractivity contribution in [2.45, 2.75) is 51.2 Å². The van der Waals surface area contributed by atoms with Crippen LogP contribution in [-0.4, -0.2) is 36.2 Å². The van der Waals surface area contributed by atoms with Crippen LogP contribution in [0.4, 0.5) is 5.69 Å². The van der Waals surface area contributed by atoms with Gasteiger partial charge in [0.15, 0.2) is 0 Å². The third-order valence-corrected chi connectivity index (χ3v) is 4.76. The van der Waals surface area contributed by atoms with E-state index in [0.29, 0.717) is 29.8 Å². The van der Waals surface area contributed by atoms with E-state index in [0.717, 1.165) is 12.8 Å². The van der Waals surface area contributed by atoms with Crippen molar-refractivity contribution in [2.24, 2.45) is 0 Å². The highest BCUT2D eigenvalue weighted by Gasteiger charge is 2.31. The summed E-state index contributed by atoms with van der Waals surface area (Å²) in [6, 6.07) is 1.84. The van der Waals surface area contributed by atoms with Crippen LogP contribution in [0.25, 0.3) is 0 Å². The predicted molar refractivity (Wildman–Crippen MR) is 81.7 cm³/mol. The zero-order valence-electron chi connectivity index (χ0n) is 12.4. The van der Waals surface area contributed by atoms with Gasteiger partial charge in [-0.3, -0.25) is 4.79 Å². The molecule has 0 aromatic carbocycles. The number of ether oxygens (including phenoxy) is 1. The zero-order valence-corrected chi connectivity index (χ0v) is 13.2. The largest absolute Gasteiger partial charge is 0.465 e. The number of methoxy groups -OCH3 is 1. The molecular formula is C15H21NO4S. The van der Waals surface area contributed by atoms with Crippen molar-refractivity contribution < 1.29 is 19.4 Å². The SMILES string of the molecule is CCC(=O)N(c1ccsc1C(=O)OC)C1CCC(O)CC1. The van der Waals surface area contributed by atoms with E-state index in [-0.39, 0.29) is 18.1 Å². The highest BCUT2D eigenvalue weighted by molar-refractivity contribution is 7.12. The Morgan fingerprint density at radius 1 is 1.38 bits per heavy atom. The van der Waals surface area contributed by atoms with Gasteiger partial charge in [0, 0.05) is 12.5 Å². The molecule has 6 heteroatoms. The van der Waals surface area contributed by atoms with E-state index >= 15 is 0 Å². The van der Waals surface area contributed by atoms with Crippen molar-refractivity contribution in [3.8, 4) is 0 Å². The van der Waals surface area contributed by atoms with Gasteiger partial charge < -0.3 is 14.7 Å². The summed E-state index contributed by atoms with van der Waals surface area (Å²) in [7, 11) is 1.34. The molecule has 1 saturated carbocycles. The minimum absolute atomic E-state index is 0.0000529. The van der Waals surface area contributed by atoms with Gasteiger partial charge in [-0.1, -0.05) is 6.92 Å². The number of esters is 1. The number of hydrogen-bond donors (Lipinski definition) is 1. The number of anilines is 1. The molecule has 0 radical (unpaired) electrons. The summed E-state index contributed by atoms with van der Waals surface area (Å²) in [6.45, 7) is 1.82. The molecule has 0 spiro atoms. The van der Waals surface area contributed by atoms with Gasteiger partial charge in [0.1, 0.15) is 4.88 Å². The fourth-order valence-electron chi connectivity index (χ4n) is 2.76. The van der Waals surface area contributed by atoms with Crippen molar-refractivity contribution in [3.63, 3.8) is 0 Å². The molecule has 1 aliphatic rings. The van der Waals surface area contributed by atoms with Crippen LogP contribution < -0.4 is 4.90 Å². The van der Waals surface area contributed by atoms with Crippen LogP contribution in [0.3, 0.4) is 0 Å². The lowest BCUT2D eigenvalue weighted by atomic mass is 9.91. The standard InChI is InChI=1S/C15H21NO4S/c1-3-13(18)16(10-4-6-11(17)7-5-10)12-8-9-21-14(12)15(19)20-2/h8-11,17H,3-7H2,1-2H3. The normalized spacial score (nSPS) is 21.9. The van der Waals surface area contributed by atoms with Gasteiger partial charge in [-0.05, 0) is 37.1 Å². The van der Waals surface area contributed by atoms with Crippen molar-refractivity contribution in [1.82, 2.24) is 0 Å². The fraction of sp³-hybridized carbons (Fsp3) is 0.600. The molecular weight excluding hydrogens is 290 g/mol. The molecule has 1 fully saturated rings. The highest BCUT2D eigenvalue weighted by Crippen LogP contribution is 2.33. The van der Waals surface area contributed by atoms with E-state index in [4.69, 9.17) is 4.74 Å². The quantitative estimate of drug-likeness (QED) is 0.868. The van der Waals surface area contributed by atoms with Crippen LogP contribution in [0.5, 0.6) is 0 Å². The molecule has 1 aliphatic carbocycles. The molecule has 0 aliphatic heterocycles. The van der Waals surface area contributed by atoms with Crippen molar-refractivity contribution in [1.29, 1.82) is 0 Å². The van der Waals surface area contributed by atoms with Gasteiger partial charge in [0.05, 0.1) is 18.9 Å². The molecule has 0 bridgehead atoms. The Morgan fingerprint density at radius 2 is 2.05 bits per heavy atom. The Hall–Kier alpha value is -1.40. The summed E-state index contributed by atoms with van der Waals surface area (Å²) in [5.41, 5.74) is 0.639. The van der Waals surface area contributed by atoms with Gasteiger partial charge >= 0.3 is 5.97 Å². The summed E-state index contributed by atoms with van der Waals surface area (Å²) >= 11 is 1.29. The van der Waals surface area contributed by atoms with E-state index < -0.39 is 5.97 Å². The number of carbonyl (C=O) groups is 2. The number of amides is 1. The average molecular weight is 311 g/mol. The first-order valence-corrected chi connectivity index (χ1v) is 8.12. The van der Waals surface area contributed by atoms with Crippen molar-refractivity contribution in [3.05, 3.63) is 16.3 Å². The van der Waals surface area contributed by atoms with Gasteiger partial charge in [-0.15, -0.1) is 11.3 Å². The van der Waals surface area contributed by atoms with E-state index in [1.54, 1.807) is 16.3 Å². The number of carbonyl (C=O) groups excluding carboxylic acids is 2. The lowest BCUT2D eigenvalue weighted by Crippen LogP contribution is -2.43. The molecule has 116 valence electrons. The monoisotopic (exact) mass is 311 g/mol. The molecule has 1 aromatic rings. The van der Waals surface area contributed by atoms with E-state index in [2.05, 4.69) is 0 Å². The summed E-state index contributed by atoms with van der Waals surface area (Å²) in [6.07, 6.45) is 3.00. The molecule has 5 nitrogen and oxygen atoms in total. The maximum absolute atomic E-state index is 12.4. The molecule has 21 heavy (non-hydrogen) atoms. The van der Waals surface area contributed by atoms with Gasteiger partial charge in [-0.25, -0.2) is 4.79 Å². The first-order chi connectivity index (χ1) is 10.1. The predicted octanol–water partition coefficient (Wildman–Crippen LogP) is 2.58. The van der Waals surface area contributed by atoms with Crippen molar-refractivity contribution >= 4 is 28.9 Å². The van der Waals surface area contributed by atoms with Gasteiger partial charge in [0.2, 0.25) is 5.91 Å². The van der Waals surface area contributed by atoms with Crippen LogP contribution >= 0.6 is 11.3 Å². The third-order valence-electron chi connectivity index (χ3n) is 3.88. The number of aliphatic hydroxyl groups is 1. The molecule has 1 heterocycles. The Morgan fingerprint density at radius 3 is 2.62 bits per heavy atom. The Bertz CT molecular complexity index is 506. The minimum atomic E-state index is -0.412. The van der Waals surface area contributed by atoms with E-state index in [1.807, 2.05) is 6.92 Å². The second-order valence-corrected chi connectivity index (χ2v) is 6.12. The summed E-state index contributed by atoms with van der Waals surface area (Å²) < 4.78 is 4.80. The molecule has 1 N–H and O–H groups in total. The molecule has 0 unspecified atom stereocenters. The number of hydrogen-bond acceptors (Lipinski definition) is 5. The smallest absolute Gasteiger partial charge is 0.350 e. The van der Waals surface area contributed by atoms with E-state index in [1.165, 1.54) is 18.4 Å². The number of nitrogens with zero attached hydrogens (tertiary/aromatic N) is 1. The van der Waals surface area contributed by atoms with Crippen LogP contribution in [-0.2, 0) is 9.53 Å². The molecule has 2 rings (SSSR count). The molecule has 0 saturated heterocycles. The molecule has 0 atom stereocenters. The lowest BCUT2D eigenvalue weighted by Gasteiger charge is -2.35. The first kappa shape index (κ1) is 16.0. The van der Waals surface area contributed by atoms with Crippen molar-refractivity contribution in [2.75, 3.05) is 12.0 Å². The topological polar surface area (TPSA) is 66.8 Å². The summed E-state index contributed by atoms with van der Waals surface area (Å²) in [4.78, 5) is 26.4. The third kappa shape index (κ3) is 3.44. The lowest BCUT2D eigenvalue weighted by molar-refractivity contribution is -0.119. The van der Waals surface area contributed by atoms with Crippen LogP contribution in [0.15, 0.2) is 11.4 Å². The van der Waals surface area contributed by atoms with E-state index in [9.17, 15) is 14.7 Å². The number of aliphatic hydroxyl groups excluding tert-OH is 1. The first-order valence-electron chi connectivity index (χ1n) is 7.24. The second kappa shape index (κ2) is 7.04. The Balaban J connectivity index is 2.30. The van der Waals surface area contributed by atoms with Gasteiger partial charge in [-0.2, -0.15) is 0 Å². The maximum atomic E-state index is 12.4. The summed E-state index contributed by atoms with van der Waals surface area (Å²) in [5.74, 6) is -0.412. The average Bonchev–Trinajstić information content (AvgIpc) is 2.97. The number of thiophene rings is 1. The zero-order chi connectivity index (χ0) is 15.4. The fourth-order valence-corrected chi connectivity index (χ4v) is 3.56. The Labute approximate surface area is 128 Å². The summed E-state index contributed by atoms with van der Waals surface area (Å²) in [5, 5.41) is 11.4. The Kier molecular flexibility index (Phi) is 5.36. The minimum Gasteiger partial charge on any atom is -0.465 e.